The lowest BCUT2D eigenvalue weighted by atomic mass is 10.1. The lowest BCUT2D eigenvalue weighted by Gasteiger charge is -2.35. The summed E-state index contributed by atoms with van der Waals surface area (Å²) >= 11 is 1.63. The molecule has 2 amide bonds. The monoisotopic (exact) mass is 590 g/mol. The molecule has 4 aromatic heterocycles. The molecule has 0 bridgehead atoms. The molecule has 10 nitrogen and oxygen atoms in total. The van der Waals surface area contributed by atoms with Crippen molar-refractivity contribution < 1.29 is 9.59 Å². The van der Waals surface area contributed by atoms with E-state index in [1.165, 1.54) is 0 Å². The Morgan fingerprint density at radius 1 is 1.05 bits per heavy atom. The highest BCUT2D eigenvalue weighted by Crippen LogP contribution is 2.29. The maximum atomic E-state index is 13.5. The molecule has 0 spiro atoms. The van der Waals surface area contributed by atoms with Crippen molar-refractivity contribution in [1.82, 2.24) is 34.7 Å². The molecule has 1 saturated heterocycles. The zero-order chi connectivity index (χ0) is 30.2. The number of nitrogens with zero attached hydrogens (tertiary/aromatic N) is 7. The first-order valence-electron chi connectivity index (χ1n) is 14.8. The topological polar surface area (TPSA) is 99.0 Å². The van der Waals surface area contributed by atoms with Crippen LogP contribution in [0.4, 0.5) is 5.82 Å². The highest BCUT2D eigenvalue weighted by Gasteiger charge is 2.23. The van der Waals surface area contributed by atoms with Crippen molar-refractivity contribution >= 4 is 34.6 Å². The number of anilines is 1. The van der Waals surface area contributed by atoms with Gasteiger partial charge in [-0.05, 0) is 49.7 Å². The second-order valence-corrected chi connectivity index (χ2v) is 10.9. The minimum atomic E-state index is -0.144. The number of fused-ring (bicyclic) bond motifs is 1. The van der Waals surface area contributed by atoms with Crippen molar-refractivity contribution in [2.45, 2.75) is 47.6 Å². The number of thiophene rings is 1. The van der Waals surface area contributed by atoms with E-state index in [4.69, 9.17) is 9.97 Å². The molecule has 0 radical (unpaired) electrons. The Bertz CT molecular complexity index is 1470. The van der Waals surface area contributed by atoms with Crippen LogP contribution in [0, 0.1) is 0 Å². The van der Waals surface area contributed by atoms with Gasteiger partial charge in [0.1, 0.15) is 5.82 Å². The molecule has 1 aliphatic rings. The van der Waals surface area contributed by atoms with Gasteiger partial charge in [-0.2, -0.15) is 5.10 Å². The molecule has 0 aliphatic carbocycles. The first-order valence-corrected chi connectivity index (χ1v) is 15.7. The Hall–Kier alpha value is -3.83. The van der Waals surface area contributed by atoms with E-state index in [2.05, 4.69) is 41.0 Å². The Balaban J connectivity index is 0.00000198. The summed E-state index contributed by atoms with van der Waals surface area (Å²) in [4.78, 5) is 42.6. The Morgan fingerprint density at radius 3 is 2.43 bits per heavy atom. The predicted molar refractivity (Wildman–Crippen MR) is 170 cm³/mol. The third-order valence-corrected chi connectivity index (χ3v) is 8.43. The number of carbonyl (C=O) groups excluding carboxylic acids is 2. The number of carbonyl (C=O) groups is 2. The summed E-state index contributed by atoms with van der Waals surface area (Å²) in [5, 5.41) is 9.67. The van der Waals surface area contributed by atoms with Crippen molar-refractivity contribution in [3.05, 3.63) is 53.7 Å². The van der Waals surface area contributed by atoms with E-state index in [1.807, 2.05) is 60.7 Å². The fourth-order valence-electron chi connectivity index (χ4n) is 5.13. The number of hydrogen-bond donors (Lipinski definition) is 1. The largest absolute Gasteiger partial charge is 0.353 e. The molecule has 4 aromatic rings. The van der Waals surface area contributed by atoms with Gasteiger partial charge in [-0.1, -0.05) is 33.8 Å². The van der Waals surface area contributed by atoms with Crippen LogP contribution in [0.3, 0.4) is 0 Å². The second-order valence-electron chi connectivity index (χ2n) is 9.99. The molecule has 1 unspecified atom stereocenters. The third-order valence-electron chi connectivity index (χ3n) is 7.54. The van der Waals surface area contributed by atoms with E-state index in [1.54, 1.807) is 29.0 Å². The van der Waals surface area contributed by atoms with E-state index < -0.39 is 0 Å². The van der Waals surface area contributed by atoms with Crippen LogP contribution in [0.5, 0.6) is 0 Å². The van der Waals surface area contributed by atoms with E-state index in [0.717, 1.165) is 29.2 Å². The summed E-state index contributed by atoms with van der Waals surface area (Å²) in [6.45, 7) is 16.9. The highest BCUT2D eigenvalue weighted by molar-refractivity contribution is 7.13. The van der Waals surface area contributed by atoms with Gasteiger partial charge >= 0.3 is 0 Å². The van der Waals surface area contributed by atoms with Crippen molar-refractivity contribution in [2.24, 2.45) is 0 Å². The molecule has 1 aliphatic heterocycles. The van der Waals surface area contributed by atoms with Crippen LogP contribution < -0.4 is 10.2 Å². The predicted octanol–water partition coefficient (Wildman–Crippen LogP) is 4.67. The number of hydrogen-bond acceptors (Lipinski definition) is 8. The van der Waals surface area contributed by atoms with E-state index in [9.17, 15) is 9.59 Å². The molecular formula is C31H42N8O2S. The zero-order valence-corrected chi connectivity index (χ0v) is 26.3. The summed E-state index contributed by atoms with van der Waals surface area (Å²) in [6.07, 6.45) is 3.65. The van der Waals surface area contributed by atoms with Gasteiger partial charge in [-0.15, -0.1) is 11.3 Å². The SMILES string of the molecule is CC.CCN(CC)C(C)CNC(=O)c1cc(-c2cnn3ccc(-c4cccs4)nc23)nc(N2CCN(C(C)=O)CC2)c1. The minimum Gasteiger partial charge on any atom is -0.353 e. The molecule has 1 fully saturated rings. The van der Waals surface area contributed by atoms with Crippen LogP contribution in [-0.4, -0.2) is 93.1 Å². The standard InChI is InChI=1S/C29H36N8O2S.C2H6/c1-5-34(6-2)20(3)18-30-29(39)22-16-25(32-27(17-22)36-13-11-35(12-14-36)21(4)38)23-19-31-37-10-9-24(33-28(23)37)26-8-7-15-40-26;1-2/h7-10,15-17,19-20H,5-6,11-14,18H2,1-4H3,(H,30,39);1-2H3. The number of amides is 2. The van der Waals surface area contributed by atoms with Crippen LogP contribution in [-0.2, 0) is 4.79 Å². The number of likely N-dealkylation sites (N-methyl/N-ethyl adjacent to an activating group) is 1. The van der Waals surface area contributed by atoms with Crippen molar-refractivity contribution in [2.75, 3.05) is 50.7 Å². The first-order chi connectivity index (χ1) is 20.4. The van der Waals surface area contributed by atoms with Gasteiger partial charge in [0.05, 0.1) is 28.0 Å². The lowest BCUT2D eigenvalue weighted by molar-refractivity contribution is -0.129. The van der Waals surface area contributed by atoms with Crippen molar-refractivity contribution in [3.8, 4) is 21.8 Å². The highest BCUT2D eigenvalue weighted by atomic mass is 32.1. The van der Waals surface area contributed by atoms with Gasteiger partial charge in [-0.3, -0.25) is 14.5 Å². The van der Waals surface area contributed by atoms with Gasteiger partial charge in [0, 0.05) is 57.4 Å². The first kappa shape index (κ1) is 31.1. The quantitative estimate of drug-likeness (QED) is 0.302. The van der Waals surface area contributed by atoms with Crippen LogP contribution in [0.1, 0.15) is 51.9 Å². The molecule has 11 heteroatoms. The molecular weight excluding hydrogens is 548 g/mol. The Morgan fingerprint density at radius 2 is 1.79 bits per heavy atom. The average molecular weight is 591 g/mol. The number of piperazine rings is 1. The smallest absolute Gasteiger partial charge is 0.251 e. The summed E-state index contributed by atoms with van der Waals surface area (Å²) in [5.74, 6) is 0.633. The van der Waals surface area contributed by atoms with Crippen molar-refractivity contribution in [1.29, 1.82) is 0 Å². The molecule has 5 rings (SSSR count). The minimum absolute atomic E-state index is 0.0720. The number of nitrogens with one attached hydrogen (secondary N) is 1. The average Bonchev–Trinajstić information content (AvgIpc) is 3.72. The maximum absolute atomic E-state index is 13.5. The van der Waals surface area contributed by atoms with Gasteiger partial charge in [0.2, 0.25) is 5.91 Å². The fraction of sp³-hybridized carbons (Fsp3) is 0.452. The van der Waals surface area contributed by atoms with Crippen LogP contribution in [0.2, 0.25) is 0 Å². The third kappa shape index (κ3) is 6.96. The molecule has 42 heavy (non-hydrogen) atoms. The second kappa shape index (κ2) is 14.4. The van der Waals surface area contributed by atoms with E-state index >= 15 is 0 Å². The maximum Gasteiger partial charge on any atom is 0.251 e. The molecule has 1 N–H and O–H groups in total. The summed E-state index contributed by atoms with van der Waals surface area (Å²) in [6, 6.07) is 9.89. The summed E-state index contributed by atoms with van der Waals surface area (Å²) in [5.41, 5.74) is 3.48. The normalized spacial score (nSPS) is 14.1. The van der Waals surface area contributed by atoms with Crippen LogP contribution in [0.15, 0.2) is 48.1 Å². The van der Waals surface area contributed by atoms with Gasteiger partial charge < -0.3 is 15.1 Å². The number of rotatable bonds is 9. The summed E-state index contributed by atoms with van der Waals surface area (Å²) < 4.78 is 1.73. The lowest BCUT2D eigenvalue weighted by Crippen LogP contribution is -2.48. The van der Waals surface area contributed by atoms with Crippen LogP contribution in [0.25, 0.3) is 27.5 Å². The summed E-state index contributed by atoms with van der Waals surface area (Å²) in [7, 11) is 0. The number of aromatic nitrogens is 4. The molecule has 0 saturated carbocycles. The molecule has 0 aromatic carbocycles. The van der Waals surface area contributed by atoms with Gasteiger partial charge in [0.15, 0.2) is 5.65 Å². The van der Waals surface area contributed by atoms with Gasteiger partial charge in [0.25, 0.3) is 5.91 Å². The zero-order valence-electron chi connectivity index (χ0n) is 25.5. The number of pyridine rings is 1. The van der Waals surface area contributed by atoms with Crippen molar-refractivity contribution in [3.63, 3.8) is 0 Å². The Kier molecular flexibility index (Phi) is 10.6. The van der Waals surface area contributed by atoms with Gasteiger partial charge in [-0.25, -0.2) is 14.5 Å². The Labute approximate surface area is 252 Å². The molecule has 224 valence electrons. The van der Waals surface area contributed by atoms with E-state index in [-0.39, 0.29) is 17.9 Å². The molecule has 1 atom stereocenters. The molecule has 5 heterocycles. The van der Waals surface area contributed by atoms with E-state index in [0.29, 0.717) is 55.4 Å². The fourth-order valence-corrected chi connectivity index (χ4v) is 5.82. The van der Waals surface area contributed by atoms with Crippen LogP contribution >= 0.6 is 11.3 Å².